The lowest BCUT2D eigenvalue weighted by atomic mass is 10.0. The number of nitrogens with one attached hydrogen (secondary N) is 1. The molecule has 4 aromatic carbocycles. The first kappa shape index (κ1) is 34.2. The molecule has 1 atom stereocenters. The Balaban J connectivity index is 1.61. The highest BCUT2D eigenvalue weighted by atomic mass is 32.2. The van der Waals surface area contributed by atoms with E-state index in [-0.39, 0.29) is 25.4 Å². The van der Waals surface area contributed by atoms with Gasteiger partial charge in [-0.05, 0) is 40.8 Å². The molecule has 0 aromatic heterocycles. The lowest BCUT2D eigenvalue weighted by Crippen LogP contribution is -2.53. The molecule has 0 aliphatic heterocycles. The van der Waals surface area contributed by atoms with Crippen molar-refractivity contribution in [2.75, 3.05) is 33.6 Å². The van der Waals surface area contributed by atoms with Crippen LogP contribution in [-0.2, 0) is 45.5 Å². The van der Waals surface area contributed by atoms with Crippen LogP contribution in [0.2, 0.25) is 0 Å². The Morgan fingerprint density at radius 2 is 1.26 bits per heavy atom. The van der Waals surface area contributed by atoms with E-state index >= 15 is 0 Å². The molecule has 10 heteroatoms. The van der Waals surface area contributed by atoms with Crippen molar-refractivity contribution in [1.29, 1.82) is 0 Å². The SMILES string of the molecule is COc1ccc(CCNC(=O)[C@@H](Cc2ccccc2)N(Cc2ccccc2)C(=O)CN(Cc2ccccc2)S(C)(=O)=O)cc1OC. The second-order valence-corrected chi connectivity index (χ2v) is 12.9. The summed E-state index contributed by atoms with van der Waals surface area (Å²) in [6.45, 7) is 0.0654. The maximum Gasteiger partial charge on any atom is 0.243 e. The summed E-state index contributed by atoms with van der Waals surface area (Å²) in [6.07, 6.45) is 1.86. The van der Waals surface area contributed by atoms with Crippen LogP contribution in [0.3, 0.4) is 0 Å². The molecule has 0 radical (unpaired) electrons. The summed E-state index contributed by atoms with van der Waals surface area (Å²) in [6, 6.07) is 32.7. The first-order chi connectivity index (χ1) is 22.2. The Bertz CT molecular complexity index is 1670. The molecular formula is C36H41N3O6S. The minimum absolute atomic E-state index is 0.0332. The van der Waals surface area contributed by atoms with Gasteiger partial charge in [-0.15, -0.1) is 0 Å². The van der Waals surface area contributed by atoms with E-state index in [4.69, 9.17) is 9.47 Å². The van der Waals surface area contributed by atoms with E-state index in [0.29, 0.717) is 24.5 Å². The van der Waals surface area contributed by atoms with Crippen molar-refractivity contribution in [2.24, 2.45) is 0 Å². The van der Waals surface area contributed by atoms with Gasteiger partial charge in [0.1, 0.15) is 6.04 Å². The number of methoxy groups -OCH3 is 2. The van der Waals surface area contributed by atoms with Gasteiger partial charge in [-0.2, -0.15) is 4.31 Å². The second kappa shape index (κ2) is 16.6. The Morgan fingerprint density at radius 3 is 1.80 bits per heavy atom. The van der Waals surface area contributed by atoms with Crippen LogP contribution in [-0.4, -0.2) is 69.0 Å². The fourth-order valence-electron chi connectivity index (χ4n) is 5.14. The number of sulfonamides is 1. The lowest BCUT2D eigenvalue weighted by Gasteiger charge is -2.33. The molecule has 2 amide bonds. The second-order valence-electron chi connectivity index (χ2n) is 11.0. The summed E-state index contributed by atoms with van der Waals surface area (Å²) < 4.78 is 37.6. The number of amides is 2. The molecule has 0 aliphatic rings. The first-order valence-electron chi connectivity index (χ1n) is 15.0. The lowest BCUT2D eigenvalue weighted by molar-refractivity contribution is -0.141. The van der Waals surface area contributed by atoms with Crippen LogP contribution in [0.5, 0.6) is 11.5 Å². The van der Waals surface area contributed by atoms with Crippen LogP contribution in [0.25, 0.3) is 0 Å². The molecular weight excluding hydrogens is 602 g/mol. The Morgan fingerprint density at radius 1 is 0.717 bits per heavy atom. The molecule has 0 unspecified atom stereocenters. The summed E-state index contributed by atoms with van der Waals surface area (Å²) in [5.41, 5.74) is 3.39. The Labute approximate surface area is 271 Å². The molecule has 242 valence electrons. The van der Waals surface area contributed by atoms with Gasteiger partial charge in [0.15, 0.2) is 11.5 Å². The van der Waals surface area contributed by atoms with E-state index in [1.165, 1.54) is 4.90 Å². The molecule has 9 nitrogen and oxygen atoms in total. The summed E-state index contributed by atoms with van der Waals surface area (Å²) in [4.78, 5) is 29.7. The van der Waals surface area contributed by atoms with Gasteiger partial charge in [0.2, 0.25) is 21.8 Å². The zero-order chi connectivity index (χ0) is 32.9. The Kier molecular flexibility index (Phi) is 12.3. The highest BCUT2D eigenvalue weighted by Gasteiger charge is 2.32. The number of ether oxygens (including phenoxy) is 2. The van der Waals surface area contributed by atoms with Crippen LogP contribution in [0.1, 0.15) is 22.3 Å². The van der Waals surface area contributed by atoms with Crippen molar-refractivity contribution in [3.63, 3.8) is 0 Å². The maximum absolute atomic E-state index is 14.2. The third-order valence-electron chi connectivity index (χ3n) is 7.61. The standard InChI is InChI=1S/C36H41N3O6S/c1-44-33-20-19-29(24-34(33)45-2)21-22-37-36(41)32(23-28-13-7-4-8-14-28)39(26-31-17-11-6-12-18-31)35(40)27-38(46(3,42)43)25-30-15-9-5-10-16-30/h4-20,24,32H,21-23,25-27H2,1-3H3,(H,37,41)/t32-/m1/s1. The van der Waals surface area contributed by atoms with E-state index in [0.717, 1.165) is 32.8 Å². The molecule has 4 aromatic rings. The minimum Gasteiger partial charge on any atom is -0.493 e. The average Bonchev–Trinajstić information content (AvgIpc) is 3.06. The van der Waals surface area contributed by atoms with Crippen molar-refractivity contribution in [2.45, 2.75) is 32.0 Å². The number of rotatable bonds is 16. The number of nitrogens with zero attached hydrogens (tertiary/aromatic N) is 2. The molecule has 1 N–H and O–H groups in total. The number of carbonyl (C=O) groups is 2. The van der Waals surface area contributed by atoms with Gasteiger partial charge in [0, 0.05) is 26.1 Å². The topological polar surface area (TPSA) is 105 Å². The first-order valence-corrected chi connectivity index (χ1v) is 16.9. The van der Waals surface area contributed by atoms with Crippen LogP contribution in [0.4, 0.5) is 0 Å². The van der Waals surface area contributed by atoms with E-state index in [2.05, 4.69) is 5.32 Å². The van der Waals surface area contributed by atoms with Gasteiger partial charge in [-0.25, -0.2) is 8.42 Å². The molecule has 0 aliphatic carbocycles. The number of hydrogen-bond acceptors (Lipinski definition) is 6. The average molecular weight is 644 g/mol. The summed E-state index contributed by atoms with van der Waals surface area (Å²) >= 11 is 0. The number of carbonyl (C=O) groups excluding carboxylic acids is 2. The van der Waals surface area contributed by atoms with Crippen LogP contribution < -0.4 is 14.8 Å². The molecule has 0 saturated heterocycles. The van der Waals surface area contributed by atoms with E-state index in [1.54, 1.807) is 14.2 Å². The zero-order valence-electron chi connectivity index (χ0n) is 26.5. The van der Waals surface area contributed by atoms with Crippen LogP contribution in [0, 0.1) is 0 Å². The van der Waals surface area contributed by atoms with Gasteiger partial charge >= 0.3 is 0 Å². The van der Waals surface area contributed by atoms with Crippen molar-refractivity contribution < 1.29 is 27.5 Å². The predicted molar refractivity (Wildman–Crippen MR) is 179 cm³/mol. The van der Waals surface area contributed by atoms with Gasteiger partial charge in [-0.1, -0.05) is 97.1 Å². The fourth-order valence-corrected chi connectivity index (χ4v) is 5.87. The molecule has 0 spiro atoms. The highest BCUT2D eigenvalue weighted by molar-refractivity contribution is 7.88. The van der Waals surface area contributed by atoms with Gasteiger partial charge in [-0.3, -0.25) is 9.59 Å². The third kappa shape index (κ3) is 9.92. The molecule has 0 saturated carbocycles. The zero-order valence-corrected chi connectivity index (χ0v) is 27.3. The minimum atomic E-state index is -3.76. The largest absolute Gasteiger partial charge is 0.493 e. The van der Waals surface area contributed by atoms with Crippen molar-refractivity contribution in [3.05, 3.63) is 131 Å². The summed E-state index contributed by atoms with van der Waals surface area (Å²) in [5, 5.41) is 3.03. The molecule has 0 fully saturated rings. The maximum atomic E-state index is 14.2. The van der Waals surface area contributed by atoms with Crippen LogP contribution in [0.15, 0.2) is 109 Å². The van der Waals surface area contributed by atoms with E-state index < -0.39 is 28.5 Å². The molecule has 4 rings (SSSR count). The van der Waals surface area contributed by atoms with Crippen molar-refractivity contribution in [1.82, 2.24) is 14.5 Å². The molecule has 46 heavy (non-hydrogen) atoms. The summed E-state index contributed by atoms with van der Waals surface area (Å²) in [7, 11) is -0.615. The van der Waals surface area contributed by atoms with Gasteiger partial charge in [0.25, 0.3) is 0 Å². The van der Waals surface area contributed by atoms with Crippen molar-refractivity contribution in [3.8, 4) is 11.5 Å². The molecule has 0 bridgehead atoms. The van der Waals surface area contributed by atoms with Gasteiger partial charge < -0.3 is 19.7 Å². The Hall–Kier alpha value is -4.67. The normalized spacial score (nSPS) is 11.9. The smallest absolute Gasteiger partial charge is 0.243 e. The fraction of sp³-hybridized carbons (Fsp3) is 0.278. The number of benzene rings is 4. The van der Waals surface area contributed by atoms with Crippen molar-refractivity contribution >= 4 is 21.8 Å². The van der Waals surface area contributed by atoms with E-state index in [1.807, 2.05) is 109 Å². The van der Waals surface area contributed by atoms with Gasteiger partial charge in [0.05, 0.1) is 27.0 Å². The molecule has 0 heterocycles. The monoisotopic (exact) mass is 643 g/mol. The predicted octanol–water partition coefficient (Wildman–Crippen LogP) is 4.46. The highest BCUT2D eigenvalue weighted by Crippen LogP contribution is 2.27. The summed E-state index contributed by atoms with van der Waals surface area (Å²) in [5.74, 6) is 0.409. The quantitative estimate of drug-likeness (QED) is 0.193. The van der Waals surface area contributed by atoms with E-state index in [9.17, 15) is 18.0 Å². The number of hydrogen-bond donors (Lipinski definition) is 1. The third-order valence-corrected chi connectivity index (χ3v) is 8.81. The van der Waals surface area contributed by atoms with Crippen LogP contribution >= 0.6 is 0 Å².